The van der Waals surface area contributed by atoms with Gasteiger partial charge in [-0.3, -0.25) is 34.2 Å². The largest absolute Gasteiger partial charge is 0.495 e. The van der Waals surface area contributed by atoms with E-state index in [2.05, 4.69) is 5.32 Å². The molecule has 8 atom stereocenters. The van der Waals surface area contributed by atoms with Gasteiger partial charge in [0, 0.05) is 59.4 Å². The molecule has 0 aromatic heterocycles. The number of benzene rings is 1. The Bertz CT molecular complexity index is 2270. The molecule has 5 fully saturated rings. The van der Waals surface area contributed by atoms with Crippen molar-refractivity contribution in [1.82, 2.24) is 15.3 Å². The van der Waals surface area contributed by atoms with E-state index in [4.69, 9.17) is 44.9 Å². The molecular weight excluding hydrogens is 968 g/mol. The molecule has 6 heterocycles. The smallest absolute Gasteiger partial charge is 0.409 e. The first kappa shape index (κ1) is 54.2. The Kier molecular flexibility index (Phi) is 17.3. The van der Waals surface area contributed by atoms with Crippen molar-refractivity contribution in [2.75, 3.05) is 51.7 Å². The summed E-state index contributed by atoms with van der Waals surface area (Å²) in [5.74, 6) is -2.25. The summed E-state index contributed by atoms with van der Waals surface area (Å²) in [4.78, 5) is 97.6. The Labute approximate surface area is 421 Å². The SMILES string of the molecule is COc1cc2cc(c1Cl)N(C)C(=O)C[C@H](OC(O)COCCCSC1CC(=O)N(CC3CCC(C(=O)ON4C(=O)CCC4=O)CC3)C1=O)[C@@]1(C)CC(C)(O1)C1C[C@@](O)(NC(=O)O1)[C@H](OC)/C=C/C=C(\C)C2. The highest BCUT2D eigenvalue weighted by molar-refractivity contribution is 8.00. The van der Waals surface area contributed by atoms with Crippen LogP contribution in [0, 0.1) is 11.8 Å². The van der Waals surface area contributed by atoms with Crippen LogP contribution in [0.5, 0.6) is 5.75 Å². The minimum absolute atomic E-state index is 0.00667. The zero-order chi connectivity index (χ0) is 51.4. The topological polar surface area (TPSA) is 246 Å². The fourth-order valence-electron chi connectivity index (χ4n) is 10.4. The maximum Gasteiger partial charge on any atom is 0.409 e. The van der Waals surface area contributed by atoms with Crippen molar-refractivity contribution in [3.63, 3.8) is 0 Å². The number of nitrogens with zero attached hydrogens (tertiary/aromatic N) is 3. The lowest BCUT2D eigenvalue weighted by atomic mass is 9.72. The van der Waals surface area contributed by atoms with Crippen LogP contribution < -0.4 is 15.0 Å². The molecule has 22 heteroatoms. The zero-order valence-corrected chi connectivity index (χ0v) is 42.6. The third kappa shape index (κ3) is 12.4. The summed E-state index contributed by atoms with van der Waals surface area (Å²) in [7, 11) is 4.48. The van der Waals surface area contributed by atoms with Gasteiger partial charge in [0.25, 0.3) is 11.8 Å². The number of alkyl carbamates (subject to hydrolysis) is 1. The van der Waals surface area contributed by atoms with E-state index in [1.807, 2.05) is 13.0 Å². The lowest BCUT2D eigenvalue weighted by Crippen LogP contribution is -2.72. The Balaban J connectivity index is 0.934. The molecular formula is C49H65ClN4O16S. The van der Waals surface area contributed by atoms with E-state index >= 15 is 0 Å². The molecule has 6 amide bonds. The van der Waals surface area contributed by atoms with Gasteiger partial charge >= 0.3 is 12.1 Å². The summed E-state index contributed by atoms with van der Waals surface area (Å²) in [5.41, 5.74) is -2.13. The number of hydroxylamine groups is 2. The maximum absolute atomic E-state index is 14.2. The number of rotatable bonds is 15. The van der Waals surface area contributed by atoms with Crippen LogP contribution >= 0.6 is 23.4 Å². The third-order valence-electron chi connectivity index (χ3n) is 14.2. The Morgan fingerprint density at radius 3 is 2.38 bits per heavy atom. The predicted molar refractivity (Wildman–Crippen MR) is 255 cm³/mol. The number of halogens is 1. The van der Waals surface area contributed by atoms with Crippen molar-refractivity contribution in [3.05, 3.63) is 46.5 Å². The fraction of sp³-hybridized carbons (Fsp3) is 0.653. The monoisotopic (exact) mass is 1030 g/mol. The summed E-state index contributed by atoms with van der Waals surface area (Å²) in [6.07, 6.45) is 2.73. The molecule has 1 saturated carbocycles. The summed E-state index contributed by atoms with van der Waals surface area (Å²) in [6, 6.07) is 3.58. The maximum atomic E-state index is 14.2. The van der Waals surface area contributed by atoms with Gasteiger partial charge in [-0.05, 0) is 88.7 Å². The van der Waals surface area contributed by atoms with E-state index in [1.165, 1.54) is 35.8 Å². The van der Waals surface area contributed by atoms with Crippen molar-refractivity contribution in [2.45, 2.75) is 145 Å². The Morgan fingerprint density at radius 1 is 1.00 bits per heavy atom. The fourth-order valence-corrected chi connectivity index (χ4v) is 11.8. The van der Waals surface area contributed by atoms with Crippen molar-refractivity contribution in [2.24, 2.45) is 11.8 Å². The number of carbonyl (C=O) groups excluding carboxylic acids is 7. The molecule has 71 heavy (non-hydrogen) atoms. The van der Waals surface area contributed by atoms with E-state index in [9.17, 15) is 43.8 Å². The van der Waals surface area contributed by atoms with Gasteiger partial charge in [-0.2, -0.15) is 0 Å². The summed E-state index contributed by atoms with van der Waals surface area (Å²) >= 11 is 8.15. The van der Waals surface area contributed by atoms with Crippen molar-refractivity contribution in [3.8, 4) is 5.75 Å². The number of carbonyl (C=O) groups is 7. The number of fused-ring (bicyclic) bond motifs is 6. The number of allylic oxidation sites excluding steroid dienone is 3. The number of ether oxygens (including phenoxy) is 6. The molecule has 1 aromatic rings. The first-order valence-corrected chi connectivity index (χ1v) is 25.4. The molecule has 8 rings (SSSR count). The van der Waals surface area contributed by atoms with Gasteiger partial charge < -0.3 is 48.4 Å². The number of nitrogens with one attached hydrogen (secondary N) is 1. The average Bonchev–Trinajstić information content (AvgIpc) is 3.77. The van der Waals surface area contributed by atoms with Gasteiger partial charge in [-0.15, -0.1) is 16.8 Å². The van der Waals surface area contributed by atoms with Gasteiger partial charge in [0.05, 0.1) is 48.7 Å². The highest BCUT2D eigenvalue weighted by atomic mass is 35.5. The second kappa shape index (κ2) is 22.7. The Hall–Kier alpha value is -4.61. The quantitative estimate of drug-likeness (QED) is 0.126. The number of thioether (sulfide) groups is 1. The van der Waals surface area contributed by atoms with Gasteiger partial charge in [-0.1, -0.05) is 35.4 Å². The van der Waals surface area contributed by atoms with Gasteiger partial charge in [0.2, 0.25) is 17.7 Å². The second-order valence-electron chi connectivity index (χ2n) is 19.7. The van der Waals surface area contributed by atoms with E-state index in [0.717, 1.165) is 11.1 Å². The predicted octanol–water partition coefficient (Wildman–Crippen LogP) is 4.28. The molecule has 3 N–H and O–H groups in total. The normalized spacial score (nSPS) is 33.3. The summed E-state index contributed by atoms with van der Waals surface area (Å²) < 4.78 is 35.5. The third-order valence-corrected chi connectivity index (χ3v) is 15.9. The number of aliphatic hydroxyl groups excluding tert-OH is 1. The molecule has 7 aliphatic rings. The molecule has 4 unspecified atom stereocenters. The standard InChI is InChI=1S/C49H65ClN4O16S/c1-28-9-7-10-35(65-6)49(63)24-37(68-46(62)51-49)48(3)27-47(2,70-48)36(23-40(57)52(4)32-20-30(19-28)21-33(64-5)43(32)50)67-42(59)26-66-17-8-18-71-34-22-41(58)53(44(34)60)25-29-11-13-31(14-12-29)45(61)69-54-38(55)15-16-39(54)56/h7,9-10,20-21,29,31,34-37,42,59,63H,8,11-19,22-27H2,1-6H3,(H,51,62)/b10-7+,28-9+/t29?,31?,34?,35-,36+,37?,42?,47-,48?,49+/m1/s1. The van der Waals surface area contributed by atoms with Crippen LogP contribution in [-0.2, 0) is 63.7 Å². The van der Waals surface area contributed by atoms with Crippen LogP contribution in [-0.4, -0.2) is 155 Å². The van der Waals surface area contributed by atoms with Crippen LogP contribution in [0.25, 0.3) is 0 Å². The Morgan fingerprint density at radius 2 is 1.70 bits per heavy atom. The van der Waals surface area contributed by atoms with Gasteiger partial charge in [0.1, 0.15) is 28.6 Å². The number of hydrogen-bond acceptors (Lipinski definition) is 17. The lowest BCUT2D eigenvalue weighted by molar-refractivity contribution is -0.344. The van der Waals surface area contributed by atoms with Crippen LogP contribution in [0.3, 0.4) is 0 Å². The lowest BCUT2D eigenvalue weighted by Gasteiger charge is -2.59. The second-order valence-corrected chi connectivity index (χ2v) is 21.4. The number of hydrogen-bond donors (Lipinski definition) is 3. The molecule has 6 aliphatic heterocycles. The first-order valence-electron chi connectivity index (χ1n) is 24.0. The van der Waals surface area contributed by atoms with Crippen molar-refractivity contribution >= 4 is 70.6 Å². The molecule has 1 aliphatic carbocycles. The van der Waals surface area contributed by atoms with E-state index in [1.54, 1.807) is 45.2 Å². The molecule has 20 nitrogen and oxygen atoms in total. The number of aliphatic hydroxyl groups is 2. The molecule has 0 spiro atoms. The van der Waals surface area contributed by atoms with Gasteiger partial charge in [0.15, 0.2) is 12.0 Å². The van der Waals surface area contributed by atoms with Gasteiger partial charge in [-0.25, -0.2) is 9.59 Å². The first-order chi connectivity index (χ1) is 33.6. The molecule has 0 radical (unpaired) electrons. The molecule has 4 saturated heterocycles. The number of likely N-dealkylation sites (tertiary alicyclic amines) is 1. The van der Waals surface area contributed by atoms with Crippen LogP contribution in [0.4, 0.5) is 10.5 Å². The van der Waals surface area contributed by atoms with E-state index in [-0.39, 0.29) is 81.0 Å². The highest BCUT2D eigenvalue weighted by Gasteiger charge is 2.63. The molecule has 1 aromatic carbocycles. The zero-order valence-electron chi connectivity index (χ0n) is 41.0. The van der Waals surface area contributed by atoms with E-state index < -0.39 is 82.5 Å². The average molecular weight is 1030 g/mol. The molecule has 6 bridgehead atoms. The summed E-state index contributed by atoms with van der Waals surface area (Å²) in [5, 5.41) is 25.8. The van der Waals surface area contributed by atoms with E-state index in [0.29, 0.717) is 60.8 Å². The van der Waals surface area contributed by atoms with Crippen molar-refractivity contribution in [1.29, 1.82) is 0 Å². The number of anilines is 1. The number of imide groups is 2. The van der Waals surface area contributed by atoms with Crippen LogP contribution in [0.1, 0.15) is 97.0 Å². The minimum Gasteiger partial charge on any atom is -0.495 e. The van der Waals surface area contributed by atoms with Crippen LogP contribution in [0.2, 0.25) is 5.02 Å². The highest BCUT2D eigenvalue weighted by Crippen LogP contribution is 2.51. The van der Waals surface area contributed by atoms with Crippen molar-refractivity contribution < 1.29 is 77.0 Å². The number of methoxy groups -OCH3 is 2. The summed E-state index contributed by atoms with van der Waals surface area (Å²) in [6.45, 7) is 5.54. The van der Waals surface area contributed by atoms with Crippen LogP contribution in [0.15, 0.2) is 35.9 Å². The number of amides is 6. The molecule has 390 valence electrons. The minimum atomic E-state index is -1.87.